The van der Waals surface area contributed by atoms with Crippen molar-refractivity contribution in [3.05, 3.63) is 59.7 Å². The molecule has 2 rings (SSSR count). The van der Waals surface area contributed by atoms with Gasteiger partial charge >= 0.3 is 5.97 Å². The van der Waals surface area contributed by atoms with Gasteiger partial charge in [-0.1, -0.05) is 30.3 Å². The third-order valence-electron chi connectivity index (χ3n) is 2.84. The van der Waals surface area contributed by atoms with Crippen LogP contribution in [0, 0.1) is 0 Å². The number of carbonyl (C=O) groups excluding carboxylic acids is 1. The van der Waals surface area contributed by atoms with Gasteiger partial charge in [0.15, 0.2) is 6.79 Å². The average molecular weight is 287 g/mol. The third-order valence-corrected chi connectivity index (χ3v) is 2.84. The van der Waals surface area contributed by atoms with Gasteiger partial charge < -0.3 is 19.9 Å². The van der Waals surface area contributed by atoms with Crippen LogP contribution >= 0.6 is 0 Å². The van der Waals surface area contributed by atoms with Crippen LogP contribution in [0.15, 0.2) is 48.5 Å². The Morgan fingerprint density at radius 2 is 1.90 bits per heavy atom. The minimum atomic E-state index is -0.440. The molecule has 0 saturated heterocycles. The second kappa shape index (κ2) is 7.31. The number of hydrogen-bond donors (Lipinski definition) is 1. The molecule has 110 valence electrons. The molecule has 0 aliphatic carbocycles. The zero-order valence-electron chi connectivity index (χ0n) is 11.7. The van der Waals surface area contributed by atoms with Gasteiger partial charge in [-0.3, -0.25) is 0 Å². The van der Waals surface area contributed by atoms with Crippen LogP contribution in [0.25, 0.3) is 0 Å². The van der Waals surface area contributed by atoms with Crippen molar-refractivity contribution >= 4 is 11.7 Å². The number of anilines is 1. The van der Waals surface area contributed by atoms with Crippen LogP contribution in [0.5, 0.6) is 5.75 Å². The first-order valence-corrected chi connectivity index (χ1v) is 6.43. The molecule has 2 aromatic carbocycles. The summed E-state index contributed by atoms with van der Waals surface area (Å²) in [4.78, 5) is 11.4. The highest BCUT2D eigenvalue weighted by Gasteiger charge is 2.09. The molecular weight excluding hydrogens is 270 g/mol. The van der Waals surface area contributed by atoms with Crippen molar-refractivity contribution in [2.24, 2.45) is 0 Å². The summed E-state index contributed by atoms with van der Waals surface area (Å²) < 4.78 is 15.5. The Labute approximate surface area is 123 Å². The standard InChI is InChI=1S/C16H17NO4/c1-19-16(18)13-7-8-14(17)15(9-13)21-11-20-10-12-5-3-2-4-6-12/h2-9H,10-11,17H2,1H3. The molecule has 0 heterocycles. The van der Waals surface area contributed by atoms with E-state index in [4.69, 9.17) is 15.2 Å². The number of rotatable bonds is 6. The van der Waals surface area contributed by atoms with Crippen LogP contribution < -0.4 is 10.5 Å². The highest BCUT2D eigenvalue weighted by molar-refractivity contribution is 5.90. The molecule has 0 aliphatic heterocycles. The molecule has 5 heteroatoms. The first kappa shape index (κ1) is 14.9. The van der Waals surface area contributed by atoms with Crippen LogP contribution in [-0.2, 0) is 16.1 Å². The van der Waals surface area contributed by atoms with Gasteiger partial charge in [-0.15, -0.1) is 0 Å². The van der Waals surface area contributed by atoms with E-state index in [1.54, 1.807) is 12.1 Å². The second-order valence-electron chi connectivity index (χ2n) is 4.34. The molecule has 0 bridgehead atoms. The van der Waals surface area contributed by atoms with Gasteiger partial charge in [0.05, 0.1) is 25.0 Å². The van der Waals surface area contributed by atoms with Crippen LogP contribution in [0.2, 0.25) is 0 Å². The first-order valence-electron chi connectivity index (χ1n) is 6.43. The summed E-state index contributed by atoms with van der Waals surface area (Å²) in [5.41, 5.74) is 7.66. The Balaban J connectivity index is 1.89. The summed E-state index contributed by atoms with van der Waals surface area (Å²) in [5, 5.41) is 0. The van der Waals surface area contributed by atoms with Crippen LogP contribution in [0.1, 0.15) is 15.9 Å². The summed E-state index contributed by atoms with van der Waals surface area (Å²) in [6.07, 6.45) is 0. The van der Waals surface area contributed by atoms with Crippen molar-refractivity contribution in [1.29, 1.82) is 0 Å². The molecule has 0 spiro atoms. The van der Waals surface area contributed by atoms with Gasteiger partial charge in [0.1, 0.15) is 5.75 Å². The molecule has 2 aromatic rings. The van der Waals surface area contributed by atoms with Gasteiger partial charge in [0.25, 0.3) is 0 Å². The molecule has 0 aromatic heterocycles. The van der Waals surface area contributed by atoms with Crippen molar-refractivity contribution < 1.29 is 19.0 Å². The van der Waals surface area contributed by atoms with Gasteiger partial charge in [-0.05, 0) is 23.8 Å². The maximum atomic E-state index is 11.4. The van der Waals surface area contributed by atoms with Crippen molar-refractivity contribution in [2.75, 3.05) is 19.6 Å². The van der Waals surface area contributed by atoms with E-state index in [0.717, 1.165) is 5.56 Å². The lowest BCUT2D eigenvalue weighted by atomic mass is 10.2. The molecule has 0 amide bonds. The number of benzene rings is 2. The maximum absolute atomic E-state index is 11.4. The molecule has 2 N–H and O–H groups in total. The summed E-state index contributed by atoms with van der Waals surface area (Å²) in [7, 11) is 1.32. The zero-order chi connectivity index (χ0) is 15.1. The lowest BCUT2D eigenvalue weighted by Gasteiger charge is -2.10. The van der Waals surface area contributed by atoms with E-state index in [-0.39, 0.29) is 6.79 Å². The molecule has 0 saturated carbocycles. The van der Waals surface area contributed by atoms with E-state index in [1.807, 2.05) is 30.3 Å². The summed E-state index contributed by atoms with van der Waals surface area (Å²) in [6.45, 7) is 0.487. The Morgan fingerprint density at radius 1 is 1.14 bits per heavy atom. The quantitative estimate of drug-likeness (QED) is 0.383. The van der Waals surface area contributed by atoms with Crippen LogP contribution in [-0.4, -0.2) is 19.9 Å². The molecule has 0 radical (unpaired) electrons. The lowest BCUT2D eigenvalue weighted by Crippen LogP contribution is -2.07. The second-order valence-corrected chi connectivity index (χ2v) is 4.34. The van der Waals surface area contributed by atoms with Gasteiger partial charge in [-0.25, -0.2) is 4.79 Å². The Hall–Kier alpha value is -2.53. The van der Waals surface area contributed by atoms with E-state index in [9.17, 15) is 4.79 Å². The first-order chi connectivity index (χ1) is 10.2. The smallest absolute Gasteiger partial charge is 0.337 e. The summed E-state index contributed by atoms with van der Waals surface area (Å²) >= 11 is 0. The predicted octanol–water partition coefficient (Wildman–Crippen LogP) is 2.61. The highest BCUT2D eigenvalue weighted by atomic mass is 16.7. The Kier molecular flexibility index (Phi) is 5.17. The topological polar surface area (TPSA) is 70.8 Å². The molecule has 21 heavy (non-hydrogen) atoms. The fourth-order valence-corrected chi connectivity index (χ4v) is 1.74. The number of esters is 1. The number of nitrogen functional groups attached to an aromatic ring is 1. The molecule has 0 fully saturated rings. The highest BCUT2D eigenvalue weighted by Crippen LogP contribution is 2.23. The average Bonchev–Trinajstić information content (AvgIpc) is 2.53. The number of nitrogens with two attached hydrogens (primary N) is 1. The van der Waals surface area contributed by atoms with E-state index >= 15 is 0 Å². The minimum absolute atomic E-state index is 0.0454. The largest absolute Gasteiger partial charge is 0.465 e. The maximum Gasteiger partial charge on any atom is 0.337 e. The van der Waals surface area contributed by atoms with Crippen molar-refractivity contribution in [3.63, 3.8) is 0 Å². The Bertz CT molecular complexity index is 598. The zero-order valence-corrected chi connectivity index (χ0v) is 11.7. The van der Waals surface area contributed by atoms with Gasteiger partial charge in [0.2, 0.25) is 0 Å². The summed E-state index contributed by atoms with van der Waals surface area (Å²) in [6, 6.07) is 14.5. The molecular formula is C16H17NO4. The van der Waals surface area contributed by atoms with E-state index < -0.39 is 5.97 Å². The van der Waals surface area contributed by atoms with Crippen LogP contribution in [0.4, 0.5) is 5.69 Å². The molecule has 0 aliphatic rings. The molecule has 0 unspecified atom stereocenters. The Morgan fingerprint density at radius 3 is 2.62 bits per heavy atom. The fourth-order valence-electron chi connectivity index (χ4n) is 1.74. The van der Waals surface area contributed by atoms with E-state index in [2.05, 4.69) is 4.74 Å². The van der Waals surface area contributed by atoms with Crippen molar-refractivity contribution in [2.45, 2.75) is 6.61 Å². The number of methoxy groups -OCH3 is 1. The number of hydrogen-bond acceptors (Lipinski definition) is 5. The number of ether oxygens (including phenoxy) is 3. The van der Waals surface area contributed by atoms with Gasteiger partial charge in [-0.2, -0.15) is 0 Å². The predicted molar refractivity (Wildman–Crippen MR) is 78.9 cm³/mol. The van der Waals surface area contributed by atoms with E-state index in [0.29, 0.717) is 23.6 Å². The van der Waals surface area contributed by atoms with E-state index in [1.165, 1.54) is 13.2 Å². The summed E-state index contributed by atoms with van der Waals surface area (Å²) in [5.74, 6) is -0.0454. The number of carbonyl (C=O) groups is 1. The third kappa shape index (κ3) is 4.22. The fraction of sp³-hybridized carbons (Fsp3) is 0.188. The monoisotopic (exact) mass is 287 g/mol. The van der Waals surface area contributed by atoms with Crippen LogP contribution in [0.3, 0.4) is 0 Å². The van der Waals surface area contributed by atoms with Crippen molar-refractivity contribution in [3.8, 4) is 5.75 Å². The normalized spacial score (nSPS) is 10.1. The molecule has 0 atom stereocenters. The lowest BCUT2D eigenvalue weighted by molar-refractivity contribution is 0.00536. The minimum Gasteiger partial charge on any atom is -0.465 e. The molecule has 5 nitrogen and oxygen atoms in total. The van der Waals surface area contributed by atoms with Crippen molar-refractivity contribution in [1.82, 2.24) is 0 Å². The van der Waals surface area contributed by atoms with Gasteiger partial charge in [0, 0.05) is 0 Å². The SMILES string of the molecule is COC(=O)c1ccc(N)c(OCOCc2ccccc2)c1.